The summed E-state index contributed by atoms with van der Waals surface area (Å²) >= 11 is 0. The molecule has 2 unspecified atom stereocenters. The number of fused-ring (bicyclic) bond motifs is 5. The molecule has 4 aliphatic carbocycles. The van der Waals surface area contributed by atoms with E-state index in [1.54, 1.807) is 0 Å². The van der Waals surface area contributed by atoms with Gasteiger partial charge >= 0.3 is 0 Å². The topological polar surface area (TPSA) is 75.6 Å². The zero-order chi connectivity index (χ0) is 41.7. The fraction of sp³-hybridized carbons (Fsp3) is 0.172. The van der Waals surface area contributed by atoms with Crippen LogP contribution in [0.5, 0.6) is 0 Å². The highest BCUT2D eigenvalue weighted by Crippen LogP contribution is 2.67. The second kappa shape index (κ2) is 13.8. The van der Waals surface area contributed by atoms with E-state index >= 15 is 0 Å². The van der Waals surface area contributed by atoms with E-state index in [0.717, 1.165) is 50.6 Å². The maximum atomic E-state index is 9.47. The molecule has 2 heterocycles. The molecule has 4 aliphatic rings. The van der Waals surface area contributed by atoms with Crippen molar-refractivity contribution in [3.05, 3.63) is 187 Å². The van der Waals surface area contributed by atoms with Crippen molar-refractivity contribution in [2.24, 2.45) is 11.8 Å². The largest absolute Gasteiger partial charge is 0.456 e. The molecule has 300 valence electrons. The monoisotopic (exact) mass is 810 g/mol. The number of hydrogen-bond donors (Lipinski definition) is 0. The molecule has 63 heavy (non-hydrogen) atoms. The number of hydrogen-bond acceptors (Lipinski definition) is 5. The first-order valence-corrected chi connectivity index (χ1v) is 22.3. The SMILES string of the molecule is N#Cc1ccc(-c2ccc(C34CC5CC(C3)CC(c3ccc(-c6nc(-c7ccccc7)nc(-c7cccc8oc9ccccc9c78)n6)c6ccccc36)(C5)C4)c3ccccc23)cc1. The molecule has 4 fully saturated rings. The lowest BCUT2D eigenvalue weighted by atomic mass is 9.41. The highest BCUT2D eigenvalue weighted by Gasteiger charge is 2.59. The van der Waals surface area contributed by atoms with Gasteiger partial charge in [-0.2, -0.15) is 5.26 Å². The highest BCUT2D eigenvalue weighted by atomic mass is 16.3. The summed E-state index contributed by atoms with van der Waals surface area (Å²) < 4.78 is 6.32. The lowest BCUT2D eigenvalue weighted by Crippen LogP contribution is -2.56. The van der Waals surface area contributed by atoms with E-state index in [9.17, 15) is 5.26 Å². The molecule has 4 saturated carbocycles. The van der Waals surface area contributed by atoms with Gasteiger partial charge in [0.2, 0.25) is 0 Å². The van der Waals surface area contributed by atoms with Crippen molar-refractivity contribution in [2.75, 3.05) is 0 Å². The van der Waals surface area contributed by atoms with Gasteiger partial charge in [-0.1, -0.05) is 146 Å². The summed E-state index contributed by atoms with van der Waals surface area (Å²) in [6.07, 6.45) is 7.42. The number of aromatic nitrogens is 3. The zero-order valence-corrected chi connectivity index (χ0v) is 34.8. The number of nitrogens with zero attached hydrogens (tertiary/aromatic N) is 4. The Balaban J connectivity index is 0.956. The van der Waals surface area contributed by atoms with Crippen molar-refractivity contribution in [2.45, 2.75) is 49.4 Å². The fourth-order valence-corrected chi connectivity index (χ4v) is 12.9. The third-order valence-corrected chi connectivity index (χ3v) is 14.9. The Hall–Kier alpha value is -7.42. The molecule has 10 aromatic rings. The molecular formula is C58H42N4O. The van der Waals surface area contributed by atoms with Crippen molar-refractivity contribution in [1.29, 1.82) is 5.26 Å². The maximum Gasteiger partial charge on any atom is 0.164 e. The Morgan fingerprint density at radius 3 is 1.65 bits per heavy atom. The Morgan fingerprint density at radius 1 is 0.444 bits per heavy atom. The molecule has 0 saturated heterocycles. The van der Waals surface area contributed by atoms with Crippen LogP contribution in [-0.4, -0.2) is 15.0 Å². The first-order chi connectivity index (χ1) is 31.0. The summed E-state index contributed by atoms with van der Waals surface area (Å²) in [5.41, 5.74) is 10.8. The van der Waals surface area contributed by atoms with Gasteiger partial charge in [-0.15, -0.1) is 0 Å². The van der Waals surface area contributed by atoms with Gasteiger partial charge in [0.1, 0.15) is 11.2 Å². The number of benzene rings is 8. The van der Waals surface area contributed by atoms with Gasteiger partial charge in [0.25, 0.3) is 0 Å². The number of para-hydroxylation sites is 1. The fourth-order valence-electron chi connectivity index (χ4n) is 12.9. The molecule has 2 aromatic heterocycles. The van der Waals surface area contributed by atoms with E-state index in [1.807, 2.05) is 54.6 Å². The first-order valence-electron chi connectivity index (χ1n) is 22.3. The van der Waals surface area contributed by atoms with Gasteiger partial charge in [-0.05, 0) is 129 Å². The Labute approximate surface area is 365 Å². The molecule has 0 aliphatic heterocycles. The lowest BCUT2D eigenvalue weighted by Gasteiger charge is -2.63. The molecule has 0 N–H and O–H groups in total. The molecule has 8 aromatic carbocycles. The second-order valence-electron chi connectivity index (χ2n) is 18.6. The quantitative estimate of drug-likeness (QED) is 0.167. The predicted molar refractivity (Wildman–Crippen MR) is 253 cm³/mol. The van der Waals surface area contributed by atoms with E-state index in [1.165, 1.54) is 70.3 Å². The summed E-state index contributed by atoms with van der Waals surface area (Å²) in [4.78, 5) is 15.8. The van der Waals surface area contributed by atoms with Crippen LogP contribution in [0.3, 0.4) is 0 Å². The molecule has 5 nitrogen and oxygen atoms in total. The average Bonchev–Trinajstić information content (AvgIpc) is 3.72. The average molecular weight is 811 g/mol. The van der Waals surface area contributed by atoms with Crippen LogP contribution in [0.25, 0.3) is 88.8 Å². The number of nitriles is 1. The summed E-state index contributed by atoms with van der Waals surface area (Å²) in [5.74, 6) is 3.31. The molecule has 2 atom stereocenters. The van der Waals surface area contributed by atoms with Gasteiger partial charge in [-0.25, -0.2) is 15.0 Å². The van der Waals surface area contributed by atoms with Crippen LogP contribution in [0.15, 0.2) is 174 Å². The molecular weight excluding hydrogens is 769 g/mol. The van der Waals surface area contributed by atoms with Crippen molar-refractivity contribution >= 4 is 43.5 Å². The first kappa shape index (κ1) is 36.3. The third kappa shape index (κ3) is 5.64. The zero-order valence-electron chi connectivity index (χ0n) is 34.8. The minimum Gasteiger partial charge on any atom is -0.456 e. The van der Waals surface area contributed by atoms with E-state index in [0.29, 0.717) is 34.9 Å². The maximum absolute atomic E-state index is 9.47. The normalized spacial score (nSPS) is 21.4. The minimum atomic E-state index is 0.0621. The third-order valence-electron chi connectivity index (χ3n) is 14.9. The summed E-state index contributed by atoms with van der Waals surface area (Å²) in [6.45, 7) is 0. The Morgan fingerprint density at radius 2 is 0.984 bits per heavy atom. The van der Waals surface area contributed by atoms with Crippen LogP contribution >= 0.6 is 0 Å². The van der Waals surface area contributed by atoms with Crippen LogP contribution < -0.4 is 0 Å². The van der Waals surface area contributed by atoms with Crippen LogP contribution in [0.4, 0.5) is 0 Å². The van der Waals surface area contributed by atoms with Crippen molar-refractivity contribution in [3.63, 3.8) is 0 Å². The van der Waals surface area contributed by atoms with Crippen LogP contribution in [-0.2, 0) is 10.8 Å². The van der Waals surface area contributed by atoms with Gasteiger partial charge in [0.05, 0.1) is 11.6 Å². The van der Waals surface area contributed by atoms with Gasteiger partial charge < -0.3 is 4.42 Å². The van der Waals surface area contributed by atoms with Gasteiger partial charge in [0, 0.05) is 27.5 Å². The standard InChI is InChI=1S/C58H42N4O/c59-34-36-21-23-39(24-22-36)41-25-27-49(44-15-6-4-13-42(41)44)57-30-37-29-38(31-57)33-58(32-37,35-57)50-28-26-46(43-14-5-7-16-45(43)50)55-60-54(40-11-2-1-3-12-40)61-56(62-55)48-18-10-20-52-53(48)47-17-8-9-19-51(47)63-52/h1-28,37-38H,29-33,35H2. The molecule has 0 radical (unpaired) electrons. The van der Waals surface area contributed by atoms with Crippen molar-refractivity contribution in [3.8, 4) is 51.4 Å². The van der Waals surface area contributed by atoms with Crippen molar-refractivity contribution < 1.29 is 4.42 Å². The molecule has 14 rings (SSSR count). The molecule has 5 heteroatoms. The van der Waals surface area contributed by atoms with Crippen LogP contribution in [0.2, 0.25) is 0 Å². The Bertz CT molecular complexity index is 3490. The Kier molecular flexibility index (Phi) is 7.94. The summed E-state index contributed by atoms with van der Waals surface area (Å²) in [7, 11) is 0. The smallest absolute Gasteiger partial charge is 0.164 e. The van der Waals surface area contributed by atoms with Crippen LogP contribution in [0.1, 0.15) is 55.2 Å². The predicted octanol–water partition coefficient (Wildman–Crippen LogP) is 14.4. The minimum absolute atomic E-state index is 0.0621. The van der Waals surface area contributed by atoms with E-state index in [-0.39, 0.29) is 10.8 Å². The molecule has 4 bridgehead atoms. The van der Waals surface area contributed by atoms with E-state index in [4.69, 9.17) is 19.4 Å². The summed E-state index contributed by atoms with van der Waals surface area (Å²) in [6, 6.07) is 62.5. The molecule has 0 spiro atoms. The number of furan rings is 1. The molecule has 0 amide bonds. The second-order valence-corrected chi connectivity index (χ2v) is 18.6. The van der Waals surface area contributed by atoms with Gasteiger partial charge in [-0.3, -0.25) is 0 Å². The van der Waals surface area contributed by atoms with Gasteiger partial charge in [0.15, 0.2) is 17.5 Å². The number of rotatable bonds is 6. The van der Waals surface area contributed by atoms with Crippen LogP contribution in [0, 0.1) is 23.2 Å². The highest BCUT2D eigenvalue weighted by molar-refractivity contribution is 6.12. The van der Waals surface area contributed by atoms with E-state index < -0.39 is 0 Å². The van der Waals surface area contributed by atoms with Crippen molar-refractivity contribution in [1.82, 2.24) is 15.0 Å². The summed E-state index contributed by atoms with van der Waals surface area (Å²) in [5, 5.41) is 16.7. The lowest BCUT2D eigenvalue weighted by molar-refractivity contribution is -0.0268. The van der Waals surface area contributed by atoms with E-state index in [2.05, 4.69) is 121 Å².